The van der Waals surface area contributed by atoms with Gasteiger partial charge in [-0.05, 0) is 24.5 Å². The molecule has 1 fully saturated rings. The molecule has 7 heteroatoms. The summed E-state index contributed by atoms with van der Waals surface area (Å²) in [5.41, 5.74) is 1.50. The van der Waals surface area contributed by atoms with Gasteiger partial charge in [-0.25, -0.2) is 9.79 Å². The second kappa shape index (κ2) is 6.11. The molecule has 1 aromatic carbocycles. The molecule has 6 nitrogen and oxygen atoms in total. The molecule has 1 saturated heterocycles. The highest BCUT2D eigenvalue weighted by atomic mass is 32.2. The van der Waals surface area contributed by atoms with Crippen LogP contribution in [-0.2, 0) is 0 Å². The first-order valence-corrected chi connectivity index (χ1v) is 6.90. The van der Waals surface area contributed by atoms with E-state index in [-0.39, 0.29) is 6.03 Å². The zero-order chi connectivity index (χ0) is 13.7. The number of thioether (sulfide) groups is 1. The van der Waals surface area contributed by atoms with Crippen molar-refractivity contribution in [3.8, 4) is 6.19 Å². The number of carbonyl (C=O) groups is 1. The molecule has 0 saturated carbocycles. The van der Waals surface area contributed by atoms with Crippen molar-refractivity contribution in [1.29, 1.82) is 5.26 Å². The highest BCUT2D eigenvalue weighted by Gasteiger charge is 2.20. The van der Waals surface area contributed by atoms with Crippen LogP contribution in [0.3, 0.4) is 0 Å². The first kappa shape index (κ1) is 13.2. The molecule has 0 spiro atoms. The highest BCUT2D eigenvalue weighted by Crippen LogP contribution is 2.23. The average Bonchev–Trinajstić information content (AvgIpc) is 2.85. The van der Waals surface area contributed by atoms with Crippen LogP contribution in [0, 0.1) is 11.5 Å². The molecule has 19 heavy (non-hydrogen) atoms. The molecule has 2 N–H and O–H groups in total. The van der Waals surface area contributed by atoms with Crippen molar-refractivity contribution in [3.05, 3.63) is 24.3 Å². The number of rotatable bonds is 2. The number of nitriles is 1. The summed E-state index contributed by atoms with van der Waals surface area (Å²) < 4.78 is 0. The van der Waals surface area contributed by atoms with Gasteiger partial charge in [-0.3, -0.25) is 10.2 Å². The van der Waals surface area contributed by atoms with E-state index in [0.717, 1.165) is 5.69 Å². The largest absolute Gasteiger partial charge is 0.336 e. The van der Waals surface area contributed by atoms with Crippen LogP contribution in [-0.4, -0.2) is 30.5 Å². The van der Waals surface area contributed by atoms with Gasteiger partial charge in [-0.15, -0.1) is 0 Å². The maximum absolute atomic E-state index is 11.6. The molecule has 1 aliphatic rings. The fraction of sp³-hybridized carbons (Fsp3) is 0.250. The lowest BCUT2D eigenvalue weighted by Crippen LogP contribution is -2.27. The van der Waals surface area contributed by atoms with Gasteiger partial charge in [-0.2, -0.15) is 5.26 Å². The molecular weight excluding hydrogens is 262 g/mol. The Hall–Kier alpha value is -2.20. The van der Waals surface area contributed by atoms with E-state index in [1.54, 1.807) is 4.90 Å². The maximum Gasteiger partial charge on any atom is 0.321 e. The van der Waals surface area contributed by atoms with Crippen LogP contribution in [0.25, 0.3) is 0 Å². The number of amidine groups is 1. The van der Waals surface area contributed by atoms with Crippen molar-refractivity contribution < 1.29 is 4.79 Å². The molecule has 1 aliphatic heterocycles. The molecule has 0 atom stereocenters. The third-order valence-electron chi connectivity index (χ3n) is 2.59. The number of nitrogens with zero attached hydrogens (tertiary/aromatic N) is 3. The Morgan fingerprint density at radius 3 is 3.11 bits per heavy atom. The molecular formula is C12H13N5OS. The molecule has 0 aliphatic carbocycles. The standard InChI is InChI=1S/C12H13N5OS/c1-19-11(15-8-13)16-9-3-2-4-10(7-9)17-6-5-14-12(17)18/h2-4,7H,5-6H2,1H3,(H,14,18)(H,15,16). The minimum atomic E-state index is -0.0960. The normalized spacial score (nSPS) is 15.1. The Kier molecular flexibility index (Phi) is 4.26. The summed E-state index contributed by atoms with van der Waals surface area (Å²) in [6, 6.07) is 7.25. The summed E-state index contributed by atoms with van der Waals surface area (Å²) in [6.45, 7) is 1.30. The van der Waals surface area contributed by atoms with E-state index < -0.39 is 0 Å². The zero-order valence-corrected chi connectivity index (χ0v) is 11.2. The molecule has 1 heterocycles. The summed E-state index contributed by atoms with van der Waals surface area (Å²) in [7, 11) is 0. The summed E-state index contributed by atoms with van der Waals surface area (Å²) in [5, 5.41) is 14.4. The lowest BCUT2D eigenvalue weighted by Gasteiger charge is -2.14. The lowest BCUT2D eigenvalue weighted by molar-refractivity contribution is 0.252. The van der Waals surface area contributed by atoms with Gasteiger partial charge in [0.25, 0.3) is 0 Å². The van der Waals surface area contributed by atoms with Crippen LogP contribution >= 0.6 is 11.8 Å². The Morgan fingerprint density at radius 1 is 1.63 bits per heavy atom. The topological polar surface area (TPSA) is 80.5 Å². The van der Waals surface area contributed by atoms with E-state index in [2.05, 4.69) is 15.6 Å². The Balaban J connectivity index is 2.24. The number of nitrogens with one attached hydrogen (secondary N) is 2. The van der Waals surface area contributed by atoms with Crippen LogP contribution in [0.4, 0.5) is 16.2 Å². The number of hydrogen-bond donors (Lipinski definition) is 2. The van der Waals surface area contributed by atoms with Gasteiger partial charge in [0.2, 0.25) is 0 Å². The Bertz CT molecular complexity index is 551. The van der Waals surface area contributed by atoms with Gasteiger partial charge in [-0.1, -0.05) is 17.8 Å². The second-order valence-electron chi connectivity index (χ2n) is 3.76. The molecule has 1 aromatic rings. The molecule has 0 radical (unpaired) electrons. The second-order valence-corrected chi connectivity index (χ2v) is 4.56. The van der Waals surface area contributed by atoms with Gasteiger partial charge in [0.05, 0.1) is 5.69 Å². The third kappa shape index (κ3) is 3.17. The Morgan fingerprint density at radius 2 is 2.47 bits per heavy atom. The number of urea groups is 1. The molecule has 0 bridgehead atoms. The highest BCUT2D eigenvalue weighted by molar-refractivity contribution is 8.13. The van der Waals surface area contributed by atoms with Gasteiger partial charge < -0.3 is 5.32 Å². The van der Waals surface area contributed by atoms with E-state index in [9.17, 15) is 4.79 Å². The van der Waals surface area contributed by atoms with Gasteiger partial charge in [0, 0.05) is 18.8 Å². The summed E-state index contributed by atoms with van der Waals surface area (Å²) >= 11 is 1.35. The summed E-state index contributed by atoms with van der Waals surface area (Å²) in [6.07, 6.45) is 3.67. The van der Waals surface area contributed by atoms with E-state index in [0.29, 0.717) is 23.9 Å². The van der Waals surface area contributed by atoms with Crippen molar-refractivity contribution in [1.82, 2.24) is 10.6 Å². The van der Waals surface area contributed by atoms with Crippen LogP contribution < -0.4 is 15.5 Å². The summed E-state index contributed by atoms with van der Waals surface area (Å²) in [4.78, 5) is 17.6. The fourth-order valence-electron chi connectivity index (χ4n) is 1.74. The molecule has 0 aromatic heterocycles. The van der Waals surface area contributed by atoms with Crippen LogP contribution in [0.1, 0.15) is 0 Å². The number of carbonyl (C=O) groups excluding carboxylic acids is 1. The fourth-order valence-corrected chi connectivity index (χ4v) is 2.08. The SMILES string of the molecule is CSC(=Nc1cccc(N2CCNC2=O)c1)NC#N. The van der Waals surface area contributed by atoms with E-state index in [4.69, 9.17) is 5.26 Å². The number of amides is 2. The maximum atomic E-state index is 11.6. The van der Waals surface area contributed by atoms with Crippen molar-refractivity contribution in [2.45, 2.75) is 0 Å². The van der Waals surface area contributed by atoms with Gasteiger partial charge in [0.1, 0.15) is 0 Å². The third-order valence-corrected chi connectivity index (χ3v) is 3.17. The first-order valence-electron chi connectivity index (χ1n) is 5.68. The van der Waals surface area contributed by atoms with Crippen LogP contribution in [0.2, 0.25) is 0 Å². The minimum Gasteiger partial charge on any atom is -0.336 e. The minimum absolute atomic E-state index is 0.0960. The van der Waals surface area contributed by atoms with Gasteiger partial charge >= 0.3 is 6.03 Å². The van der Waals surface area contributed by atoms with E-state index >= 15 is 0 Å². The van der Waals surface area contributed by atoms with Crippen molar-refractivity contribution in [2.24, 2.45) is 4.99 Å². The van der Waals surface area contributed by atoms with Crippen LogP contribution in [0.5, 0.6) is 0 Å². The molecule has 98 valence electrons. The number of anilines is 1. The number of benzene rings is 1. The van der Waals surface area contributed by atoms with Crippen LogP contribution in [0.15, 0.2) is 29.3 Å². The predicted octanol–water partition coefficient (Wildman–Crippen LogP) is 1.64. The van der Waals surface area contributed by atoms with Crippen molar-refractivity contribution in [2.75, 3.05) is 24.2 Å². The lowest BCUT2D eigenvalue weighted by atomic mass is 10.2. The quantitative estimate of drug-likeness (QED) is 0.372. The number of hydrogen-bond acceptors (Lipinski definition) is 4. The van der Waals surface area contributed by atoms with Crippen molar-refractivity contribution in [3.63, 3.8) is 0 Å². The number of aliphatic imine (C=N–C) groups is 1. The zero-order valence-electron chi connectivity index (χ0n) is 10.4. The average molecular weight is 275 g/mol. The molecule has 2 amide bonds. The Labute approximate surface area is 115 Å². The van der Waals surface area contributed by atoms with E-state index in [1.165, 1.54) is 11.8 Å². The van der Waals surface area contributed by atoms with Gasteiger partial charge in [0.15, 0.2) is 11.4 Å². The smallest absolute Gasteiger partial charge is 0.321 e. The first-order chi connectivity index (χ1) is 9.24. The summed E-state index contributed by atoms with van der Waals surface area (Å²) in [5.74, 6) is 0. The van der Waals surface area contributed by atoms with E-state index in [1.807, 2.05) is 36.7 Å². The van der Waals surface area contributed by atoms with Crippen molar-refractivity contribution >= 4 is 34.3 Å². The molecule has 0 unspecified atom stereocenters. The molecule has 2 rings (SSSR count). The predicted molar refractivity (Wildman–Crippen MR) is 76.5 cm³/mol. The monoisotopic (exact) mass is 275 g/mol.